The average molecular weight is 633 g/mol. The third-order valence-electron chi connectivity index (χ3n) is 15.3. The monoisotopic (exact) mass is 632 g/mol. The molecular formula is C36H56O9. The molecule has 1 aliphatic heterocycles. The van der Waals surface area contributed by atoms with E-state index >= 15 is 0 Å². The highest BCUT2D eigenvalue weighted by Crippen LogP contribution is 2.76. The summed E-state index contributed by atoms with van der Waals surface area (Å²) >= 11 is 0. The fourth-order valence-electron chi connectivity index (χ4n) is 12.5. The van der Waals surface area contributed by atoms with E-state index in [2.05, 4.69) is 47.6 Å². The lowest BCUT2D eigenvalue weighted by molar-refractivity contribution is -0.324. The number of aliphatic hydroxyl groups excluding tert-OH is 3. The van der Waals surface area contributed by atoms with Crippen LogP contribution >= 0.6 is 0 Å². The maximum absolute atomic E-state index is 13.8. The van der Waals surface area contributed by atoms with E-state index in [0.29, 0.717) is 31.6 Å². The van der Waals surface area contributed by atoms with Crippen LogP contribution in [0.1, 0.15) is 106 Å². The summed E-state index contributed by atoms with van der Waals surface area (Å²) < 4.78 is 12.3. The van der Waals surface area contributed by atoms with Crippen LogP contribution in [0, 0.1) is 56.7 Å². The van der Waals surface area contributed by atoms with Crippen LogP contribution in [0.3, 0.4) is 0 Å². The predicted octanol–water partition coefficient (Wildman–Crippen LogP) is 5.01. The smallest absolute Gasteiger partial charge is 0.314 e. The Morgan fingerprint density at radius 1 is 0.822 bits per heavy atom. The minimum atomic E-state index is -1.36. The molecule has 9 nitrogen and oxygen atoms in total. The Bertz CT molecular complexity index is 1250. The highest BCUT2D eigenvalue weighted by atomic mass is 16.7. The van der Waals surface area contributed by atoms with Crippen molar-refractivity contribution in [3.8, 4) is 0 Å². The van der Waals surface area contributed by atoms with Gasteiger partial charge in [0.2, 0.25) is 0 Å². The van der Waals surface area contributed by atoms with E-state index in [9.17, 15) is 35.1 Å². The molecule has 1 heterocycles. The number of carbonyl (C=O) groups is 2. The largest absolute Gasteiger partial charge is 0.481 e. The van der Waals surface area contributed by atoms with Crippen LogP contribution in [-0.2, 0) is 19.1 Å². The van der Waals surface area contributed by atoms with Gasteiger partial charge in [-0.3, -0.25) is 9.59 Å². The minimum Gasteiger partial charge on any atom is -0.481 e. The molecule has 0 radical (unpaired) electrons. The van der Waals surface area contributed by atoms with Crippen LogP contribution < -0.4 is 0 Å². The van der Waals surface area contributed by atoms with E-state index in [4.69, 9.17) is 9.47 Å². The van der Waals surface area contributed by atoms with Crippen molar-refractivity contribution in [1.82, 2.24) is 0 Å². The van der Waals surface area contributed by atoms with Crippen LogP contribution in [0.15, 0.2) is 11.6 Å². The summed E-state index contributed by atoms with van der Waals surface area (Å²) in [6.07, 6.45) is 2.36. The van der Waals surface area contributed by atoms with E-state index in [1.165, 1.54) is 0 Å². The minimum absolute atomic E-state index is 0.0958. The lowest BCUT2D eigenvalue weighted by Crippen LogP contribution is -2.68. The Kier molecular flexibility index (Phi) is 7.97. The van der Waals surface area contributed by atoms with Gasteiger partial charge in [-0.1, -0.05) is 53.2 Å². The van der Waals surface area contributed by atoms with E-state index in [0.717, 1.165) is 37.7 Å². The number of hydrogen-bond acceptors (Lipinski definition) is 7. The topological polar surface area (TPSA) is 154 Å². The van der Waals surface area contributed by atoms with Crippen LogP contribution in [0.4, 0.5) is 0 Å². The fourth-order valence-corrected chi connectivity index (χ4v) is 12.5. The SMILES string of the molecule is C[C@@H]1CCC2(C(=O)O)CC[C@]3(C(=O)O)C(=CCC4[C@@]5(C)CCC(OC6O[C@H](C)[C@@H](O)[C@H](O)[C@H]6O)C(C)(C)C5CC[C@]43C)C2[C@H]1C. The number of aliphatic carboxylic acids is 2. The highest BCUT2D eigenvalue weighted by Gasteiger charge is 2.73. The molecule has 1 saturated heterocycles. The number of allylic oxidation sites excluding steroid dienone is 1. The molecule has 6 unspecified atom stereocenters. The van der Waals surface area contributed by atoms with Gasteiger partial charge in [0.05, 0.1) is 23.0 Å². The lowest BCUT2D eigenvalue weighted by Gasteiger charge is -2.70. The summed E-state index contributed by atoms with van der Waals surface area (Å²) in [5.41, 5.74) is -2.13. The second-order valence-electron chi connectivity index (χ2n) is 17.2. The number of ether oxygens (including phenoxy) is 2. The number of carboxylic acids is 2. The first kappa shape index (κ1) is 33.4. The molecule has 45 heavy (non-hydrogen) atoms. The van der Waals surface area contributed by atoms with Crippen LogP contribution in [0.2, 0.25) is 0 Å². The molecule has 5 fully saturated rings. The van der Waals surface area contributed by atoms with Crippen LogP contribution in [-0.4, -0.2) is 74.3 Å². The molecule has 4 saturated carbocycles. The first-order chi connectivity index (χ1) is 20.9. The van der Waals surface area contributed by atoms with Gasteiger partial charge in [0.15, 0.2) is 6.29 Å². The molecule has 0 aromatic carbocycles. The summed E-state index contributed by atoms with van der Waals surface area (Å²) in [4.78, 5) is 26.8. The van der Waals surface area contributed by atoms with Crippen molar-refractivity contribution in [3.63, 3.8) is 0 Å². The maximum atomic E-state index is 13.8. The quantitative estimate of drug-likeness (QED) is 0.213. The normalized spacial score (nSPS) is 54.0. The number of carboxylic acid groups (broad SMARTS) is 2. The van der Waals surface area contributed by atoms with E-state index in [-0.39, 0.29) is 40.6 Å². The van der Waals surface area contributed by atoms with Crippen molar-refractivity contribution in [3.05, 3.63) is 11.6 Å². The Balaban J connectivity index is 1.35. The molecule has 9 heteroatoms. The molecular weight excluding hydrogens is 576 g/mol. The van der Waals surface area contributed by atoms with Gasteiger partial charge in [-0.2, -0.15) is 0 Å². The third kappa shape index (κ3) is 4.28. The summed E-state index contributed by atoms with van der Waals surface area (Å²) in [6.45, 7) is 15.0. The van der Waals surface area contributed by atoms with E-state index in [1.54, 1.807) is 6.92 Å². The first-order valence-corrected chi connectivity index (χ1v) is 17.4. The number of hydrogen-bond donors (Lipinski definition) is 5. The van der Waals surface area contributed by atoms with Gasteiger partial charge >= 0.3 is 11.9 Å². The Morgan fingerprint density at radius 3 is 2.16 bits per heavy atom. The lowest BCUT2D eigenvalue weighted by atomic mass is 9.33. The van der Waals surface area contributed by atoms with Crippen molar-refractivity contribution >= 4 is 11.9 Å². The Morgan fingerprint density at radius 2 is 1.51 bits per heavy atom. The maximum Gasteiger partial charge on any atom is 0.314 e. The van der Waals surface area contributed by atoms with Crippen molar-refractivity contribution in [2.24, 2.45) is 56.7 Å². The number of aliphatic hydroxyl groups is 3. The molecule has 254 valence electrons. The second kappa shape index (κ2) is 10.7. The van der Waals surface area contributed by atoms with E-state index < -0.39 is 58.9 Å². The summed E-state index contributed by atoms with van der Waals surface area (Å²) in [6, 6.07) is 0. The van der Waals surface area contributed by atoms with Crippen molar-refractivity contribution < 1.29 is 44.6 Å². The molecule has 0 amide bonds. The second-order valence-corrected chi connectivity index (χ2v) is 17.2. The van der Waals surface area contributed by atoms with E-state index in [1.807, 2.05) is 0 Å². The van der Waals surface area contributed by atoms with Gasteiger partial charge < -0.3 is 35.0 Å². The van der Waals surface area contributed by atoms with Crippen molar-refractivity contribution in [1.29, 1.82) is 0 Å². The van der Waals surface area contributed by atoms with Crippen molar-refractivity contribution in [2.45, 2.75) is 143 Å². The summed E-state index contributed by atoms with van der Waals surface area (Å²) in [5, 5.41) is 53.2. The molecule has 15 atom stereocenters. The van der Waals surface area contributed by atoms with Gasteiger partial charge in [0, 0.05) is 0 Å². The molecule has 5 N–H and O–H groups in total. The Hall–Kier alpha value is -1.52. The zero-order valence-corrected chi connectivity index (χ0v) is 28.2. The zero-order valence-electron chi connectivity index (χ0n) is 28.2. The molecule has 0 aromatic heterocycles. The third-order valence-corrected chi connectivity index (χ3v) is 15.3. The summed E-state index contributed by atoms with van der Waals surface area (Å²) in [7, 11) is 0. The van der Waals surface area contributed by atoms with Gasteiger partial charge in [-0.15, -0.1) is 0 Å². The van der Waals surface area contributed by atoms with Crippen LogP contribution in [0.25, 0.3) is 0 Å². The molecule has 0 spiro atoms. The van der Waals surface area contributed by atoms with Gasteiger partial charge in [-0.05, 0) is 111 Å². The number of fused-ring (bicyclic) bond motifs is 7. The molecule has 0 bridgehead atoms. The number of rotatable bonds is 4. The molecule has 5 aliphatic carbocycles. The molecule has 0 aromatic rings. The molecule has 6 rings (SSSR count). The van der Waals surface area contributed by atoms with Gasteiger partial charge in [0.1, 0.15) is 18.3 Å². The first-order valence-electron chi connectivity index (χ1n) is 17.4. The fraction of sp³-hybridized carbons (Fsp3) is 0.889. The molecule has 6 aliphatic rings. The predicted molar refractivity (Wildman–Crippen MR) is 166 cm³/mol. The van der Waals surface area contributed by atoms with Crippen LogP contribution in [0.5, 0.6) is 0 Å². The van der Waals surface area contributed by atoms with Gasteiger partial charge in [0.25, 0.3) is 0 Å². The van der Waals surface area contributed by atoms with Gasteiger partial charge in [-0.25, -0.2) is 0 Å². The average Bonchev–Trinajstić information content (AvgIpc) is 2.97. The Labute approximate surface area is 267 Å². The van der Waals surface area contributed by atoms with Crippen molar-refractivity contribution in [2.75, 3.05) is 0 Å². The summed E-state index contributed by atoms with van der Waals surface area (Å²) in [5.74, 6) is -1.08. The standard InChI is InChI=1S/C36H56O9/c1-18-10-15-35(30(40)41)16-17-36(31(42)43)21(25(35)19(18)2)8-9-23-33(6)13-12-24(32(4,5)22(33)11-14-34(23,36)7)45-29-28(39)27(38)26(37)20(3)44-29/h8,18-20,22-29,37-39H,9-17H2,1-7H3,(H,40,41)(H,42,43)/t18-,19+,20-,22?,23?,24?,25?,26-,27+,28-,29?,33+,34-,35?,36-/m1/s1. The zero-order chi connectivity index (χ0) is 33.1. The highest BCUT2D eigenvalue weighted by molar-refractivity contribution is 5.84.